The van der Waals surface area contributed by atoms with E-state index in [0.29, 0.717) is 69.7 Å². The van der Waals surface area contributed by atoms with Crippen molar-refractivity contribution in [3.05, 3.63) is 47.1 Å². The third-order valence-electron chi connectivity index (χ3n) is 10.4. The van der Waals surface area contributed by atoms with E-state index in [2.05, 4.69) is 27.0 Å². The standard InChI is InChI=1S/C41H56Cl2N6O3/c1-4-51-37-25-34-32(24-35(37)47-39(50)15-14-22-49(2)3)40(29(26-44)27-45-34)46-30-16-18-36(33(42)23-30)52-28-31-17-19-38(43)41(48-31)20-12-10-8-6-5-7-9-11-13-21-41/h16,18,23-25,27,31,38,48H,4-15,17,19-22,28H2,1-3H3,(H,45,46)(H,47,50). The lowest BCUT2D eigenvalue weighted by atomic mass is 9.77. The largest absolute Gasteiger partial charge is 0.492 e. The number of benzene rings is 2. The minimum atomic E-state index is -0.106. The number of halogens is 2. The summed E-state index contributed by atoms with van der Waals surface area (Å²) in [7, 11) is 3.97. The number of nitrogens with one attached hydrogen (secondary N) is 3. The molecule has 1 aromatic heterocycles. The number of alkyl halides is 1. The Balaban J connectivity index is 1.29. The van der Waals surface area contributed by atoms with Crippen LogP contribution in [0.2, 0.25) is 5.02 Å². The highest BCUT2D eigenvalue weighted by molar-refractivity contribution is 6.32. The molecule has 2 aromatic carbocycles. The van der Waals surface area contributed by atoms with Gasteiger partial charge in [-0.3, -0.25) is 9.78 Å². The molecule has 2 heterocycles. The van der Waals surface area contributed by atoms with E-state index in [1.54, 1.807) is 6.07 Å². The fourth-order valence-corrected chi connectivity index (χ4v) is 8.27. The molecule has 0 radical (unpaired) electrons. The fourth-order valence-electron chi connectivity index (χ4n) is 7.63. The average molecular weight is 752 g/mol. The van der Waals surface area contributed by atoms with Gasteiger partial charge in [-0.1, -0.05) is 69.4 Å². The number of carbonyl (C=O) groups excluding carboxylic acids is 1. The molecule has 2 atom stereocenters. The molecule has 282 valence electrons. The lowest BCUT2D eigenvalue weighted by molar-refractivity contribution is -0.116. The van der Waals surface area contributed by atoms with Crippen LogP contribution in [0.25, 0.3) is 10.9 Å². The van der Waals surface area contributed by atoms with Gasteiger partial charge in [-0.05, 0) is 83.9 Å². The maximum Gasteiger partial charge on any atom is 0.224 e. The second kappa shape index (κ2) is 19.7. The van der Waals surface area contributed by atoms with Crippen molar-refractivity contribution >= 4 is 57.1 Å². The quantitative estimate of drug-likeness (QED) is 0.157. The van der Waals surface area contributed by atoms with Gasteiger partial charge < -0.3 is 30.3 Å². The number of ether oxygens (including phenoxy) is 2. The van der Waals surface area contributed by atoms with Crippen LogP contribution < -0.4 is 25.4 Å². The Hall–Kier alpha value is -3.29. The normalized spacial score (nSPS) is 19.7. The highest BCUT2D eigenvalue weighted by Crippen LogP contribution is 2.39. The van der Waals surface area contributed by atoms with Crippen molar-refractivity contribution in [2.45, 2.75) is 120 Å². The molecule has 1 amide bonds. The number of nitrogens with zero attached hydrogens (tertiary/aromatic N) is 3. The maximum atomic E-state index is 12.9. The minimum absolute atomic E-state index is 0.0471. The molecule has 1 saturated carbocycles. The Morgan fingerprint density at radius 1 is 1.02 bits per heavy atom. The fraction of sp³-hybridized carbons (Fsp3) is 0.585. The van der Waals surface area contributed by atoms with Crippen LogP contribution in [0, 0.1) is 11.3 Å². The lowest BCUT2D eigenvalue weighted by Gasteiger charge is -2.46. The molecular formula is C41H56Cl2N6O3. The van der Waals surface area contributed by atoms with Gasteiger partial charge in [-0.2, -0.15) is 5.26 Å². The van der Waals surface area contributed by atoms with Crippen molar-refractivity contribution in [2.75, 3.05) is 44.5 Å². The first kappa shape index (κ1) is 39.9. The van der Waals surface area contributed by atoms with Gasteiger partial charge in [-0.15, -0.1) is 11.6 Å². The van der Waals surface area contributed by atoms with Crippen molar-refractivity contribution in [3.8, 4) is 17.6 Å². The minimum Gasteiger partial charge on any atom is -0.492 e. The number of amides is 1. The second-order valence-electron chi connectivity index (χ2n) is 14.7. The summed E-state index contributed by atoms with van der Waals surface area (Å²) < 4.78 is 12.2. The van der Waals surface area contributed by atoms with Gasteiger partial charge >= 0.3 is 0 Å². The van der Waals surface area contributed by atoms with Gasteiger partial charge in [-0.25, -0.2) is 0 Å². The van der Waals surface area contributed by atoms with Gasteiger partial charge in [0.1, 0.15) is 24.2 Å². The van der Waals surface area contributed by atoms with Crippen LogP contribution in [-0.2, 0) is 4.79 Å². The number of rotatable bonds is 12. The van der Waals surface area contributed by atoms with Gasteiger partial charge in [0, 0.05) is 41.3 Å². The summed E-state index contributed by atoms with van der Waals surface area (Å²) in [5.41, 5.74) is 2.72. The van der Waals surface area contributed by atoms with E-state index in [1.807, 2.05) is 50.2 Å². The van der Waals surface area contributed by atoms with Crippen LogP contribution in [0.5, 0.6) is 11.5 Å². The van der Waals surface area contributed by atoms with E-state index < -0.39 is 0 Å². The molecule has 9 nitrogen and oxygen atoms in total. The summed E-state index contributed by atoms with van der Waals surface area (Å²) in [6, 6.07) is 11.6. The summed E-state index contributed by atoms with van der Waals surface area (Å²) >= 11 is 13.9. The molecule has 5 rings (SSSR count). The van der Waals surface area contributed by atoms with Crippen LogP contribution in [0.4, 0.5) is 17.1 Å². The number of pyridine rings is 1. The van der Waals surface area contributed by atoms with Crippen LogP contribution in [0.15, 0.2) is 36.5 Å². The number of piperidine rings is 1. The molecule has 2 aliphatic rings. The monoisotopic (exact) mass is 750 g/mol. The van der Waals surface area contributed by atoms with E-state index in [0.717, 1.165) is 38.6 Å². The topological polar surface area (TPSA) is 112 Å². The summed E-state index contributed by atoms with van der Waals surface area (Å²) in [5, 5.41) is 21.7. The van der Waals surface area contributed by atoms with Crippen molar-refractivity contribution in [2.24, 2.45) is 0 Å². The molecular weight excluding hydrogens is 695 g/mol. The third-order valence-corrected chi connectivity index (χ3v) is 11.4. The summed E-state index contributed by atoms with van der Waals surface area (Å²) in [4.78, 5) is 19.4. The second-order valence-corrected chi connectivity index (χ2v) is 15.7. The molecule has 1 aliphatic heterocycles. The van der Waals surface area contributed by atoms with Gasteiger partial charge in [0.05, 0.1) is 39.5 Å². The van der Waals surface area contributed by atoms with Gasteiger partial charge in [0.15, 0.2) is 0 Å². The van der Waals surface area contributed by atoms with E-state index in [1.165, 1.54) is 64.0 Å². The molecule has 0 bridgehead atoms. The molecule has 11 heteroatoms. The molecule has 1 saturated heterocycles. The Kier molecular flexibility index (Phi) is 15.1. The molecule has 1 spiro atoms. The number of aromatic nitrogens is 1. The van der Waals surface area contributed by atoms with Crippen LogP contribution in [0.3, 0.4) is 0 Å². The van der Waals surface area contributed by atoms with Gasteiger partial charge in [0.25, 0.3) is 0 Å². The third kappa shape index (κ3) is 10.9. The predicted molar refractivity (Wildman–Crippen MR) is 214 cm³/mol. The van der Waals surface area contributed by atoms with Gasteiger partial charge in [0.2, 0.25) is 5.91 Å². The molecule has 3 N–H and O–H groups in total. The Labute approximate surface area is 320 Å². The molecule has 2 fully saturated rings. The summed E-state index contributed by atoms with van der Waals surface area (Å²) in [6.45, 7) is 3.64. The van der Waals surface area contributed by atoms with Crippen LogP contribution in [-0.4, -0.2) is 66.6 Å². The summed E-state index contributed by atoms with van der Waals surface area (Å²) in [6.07, 6.45) is 18.5. The zero-order chi connectivity index (χ0) is 36.9. The molecule has 2 unspecified atom stereocenters. The average Bonchev–Trinajstić information content (AvgIpc) is 3.11. The predicted octanol–water partition coefficient (Wildman–Crippen LogP) is 9.96. The van der Waals surface area contributed by atoms with E-state index >= 15 is 0 Å². The number of hydrogen-bond acceptors (Lipinski definition) is 8. The van der Waals surface area contributed by atoms with Crippen molar-refractivity contribution in [1.82, 2.24) is 15.2 Å². The SMILES string of the molecule is CCOc1cc2ncc(C#N)c(Nc3ccc(OCC4CCC(Cl)C5(CCCCCCCCCCC5)N4)c(Cl)c3)c2cc1NC(=O)CCCN(C)C. The van der Waals surface area contributed by atoms with Crippen molar-refractivity contribution < 1.29 is 14.3 Å². The zero-order valence-corrected chi connectivity index (χ0v) is 32.7. The number of carbonyl (C=O) groups is 1. The first-order valence-electron chi connectivity index (χ1n) is 19.3. The Morgan fingerprint density at radius 3 is 2.38 bits per heavy atom. The smallest absolute Gasteiger partial charge is 0.224 e. The highest BCUT2D eigenvalue weighted by Gasteiger charge is 2.42. The van der Waals surface area contributed by atoms with E-state index in [4.69, 9.17) is 32.7 Å². The lowest BCUT2D eigenvalue weighted by Crippen LogP contribution is -2.61. The molecule has 3 aromatic rings. The Morgan fingerprint density at radius 2 is 1.73 bits per heavy atom. The van der Waals surface area contributed by atoms with Crippen LogP contribution in [0.1, 0.15) is 109 Å². The van der Waals surface area contributed by atoms with Crippen LogP contribution >= 0.6 is 23.2 Å². The first-order valence-corrected chi connectivity index (χ1v) is 20.1. The number of anilines is 3. The Bertz CT molecular complexity index is 1670. The highest BCUT2D eigenvalue weighted by atomic mass is 35.5. The maximum absolute atomic E-state index is 12.9. The van der Waals surface area contributed by atoms with Crippen molar-refractivity contribution in [3.63, 3.8) is 0 Å². The molecule has 52 heavy (non-hydrogen) atoms. The summed E-state index contributed by atoms with van der Waals surface area (Å²) in [5.74, 6) is 1.02. The molecule has 1 aliphatic carbocycles. The number of nitriles is 1. The van der Waals surface area contributed by atoms with E-state index in [9.17, 15) is 10.1 Å². The zero-order valence-electron chi connectivity index (χ0n) is 31.2. The number of hydrogen-bond donors (Lipinski definition) is 3. The first-order chi connectivity index (χ1) is 25.2. The van der Waals surface area contributed by atoms with Crippen molar-refractivity contribution in [1.29, 1.82) is 5.26 Å². The van der Waals surface area contributed by atoms with E-state index in [-0.39, 0.29) is 22.9 Å². The number of fused-ring (bicyclic) bond motifs is 1.